The molecule has 0 radical (unpaired) electrons. The van der Waals surface area contributed by atoms with Crippen LogP contribution < -0.4 is 5.73 Å². The molecule has 2 N–H and O–H groups in total. The molecule has 25 heavy (non-hydrogen) atoms. The molecule has 0 saturated heterocycles. The van der Waals surface area contributed by atoms with Gasteiger partial charge in [0.1, 0.15) is 11.8 Å². The van der Waals surface area contributed by atoms with Crippen LogP contribution in [0.25, 0.3) is 0 Å². The predicted molar refractivity (Wildman–Crippen MR) is 98.9 cm³/mol. The van der Waals surface area contributed by atoms with Crippen LogP contribution in [-0.4, -0.2) is 5.78 Å². The van der Waals surface area contributed by atoms with E-state index in [1.54, 1.807) is 0 Å². The Morgan fingerprint density at radius 2 is 2.12 bits per heavy atom. The van der Waals surface area contributed by atoms with Crippen molar-refractivity contribution in [3.8, 4) is 6.07 Å². The van der Waals surface area contributed by atoms with Gasteiger partial charge in [-0.25, -0.2) is 0 Å². The van der Waals surface area contributed by atoms with Crippen LogP contribution in [0.3, 0.4) is 0 Å². The second kappa shape index (κ2) is 7.47. The van der Waals surface area contributed by atoms with Crippen LogP contribution in [0.5, 0.6) is 0 Å². The van der Waals surface area contributed by atoms with Gasteiger partial charge >= 0.3 is 0 Å². The second-order valence-electron chi connectivity index (χ2n) is 8.52. The lowest BCUT2D eigenvalue weighted by atomic mass is 9.70. The topological polar surface area (TPSA) is 76.1 Å². The molecule has 0 fully saturated rings. The summed E-state index contributed by atoms with van der Waals surface area (Å²) in [6.07, 6.45) is 6.22. The van der Waals surface area contributed by atoms with Gasteiger partial charge < -0.3 is 10.5 Å². The Balaban J connectivity index is 2.26. The van der Waals surface area contributed by atoms with E-state index < -0.39 is 0 Å². The number of nitrogens with two attached hydrogens (primary N) is 1. The minimum Gasteiger partial charge on any atom is -0.444 e. The minimum atomic E-state index is -0.223. The minimum absolute atomic E-state index is 0.105. The number of Topliss-reactive ketones (excluding diaryl/α,β-unsaturated/α-hetero) is 1. The van der Waals surface area contributed by atoms with Gasteiger partial charge in [-0.3, -0.25) is 4.79 Å². The fourth-order valence-electron chi connectivity index (χ4n) is 3.81. The van der Waals surface area contributed by atoms with Crippen LogP contribution in [0.1, 0.15) is 66.7 Å². The first-order chi connectivity index (χ1) is 11.6. The highest BCUT2D eigenvalue weighted by molar-refractivity contribution is 5.98. The zero-order chi connectivity index (χ0) is 18.8. The van der Waals surface area contributed by atoms with Gasteiger partial charge in [-0.2, -0.15) is 5.26 Å². The van der Waals surface area contributed by atoms with Gasteiger partial charge in [0.15, 0.2) is 5.78 Å². The van der Waals surface area contributed by atoms with Crippen molar-refractivity contribution in [2.75, 3.05) is 0 Å². The third-order valence-corrected chi connectivity index (χ3v) is 5.05. The summed E-state index contributed by atoms with van der Waals surface area (Å²) in [6.45, 7) is 10.5. The molecule has 1 heterocycles. The number of rotatable bonds is 5. The molecule has 4 nitrogen and oxygen atoms in total. The molecule has 136 valence electrons. The van der Waals surface area contributed by atoms with Gasteiger partial charge in [0, 0.05) is 24.3 Å². The summed E-state index contributed by atoms with van der Waals surface area (Å²) in [4.78, 5) is 12.8. The molecular formula is C21H30N2O2. The highest BCUT2D eigenvalue weighted by Gasteiger charge is 2.42. The van der Waals surface area contributed by atoms with E-state index in [0.717, 1.165) is 19.3 Å². The number of ether oxygens (including phenoxy) is 1. The zero-order valence-corrected chi connectivity index (χ0v) is 16.1. The van der Waals surface area contributed by atoms with E-state index in [0.29, 0.717) is 35.7 Å². The maximum absolute atomic E-state index is 12.8. The number of nitriles is 1. The lowest BCUT2D eigenvalue weighted by molar-refractivity contribution is -0.119. The normalized spacial score (nSPS) is 23.5. The van der Waals surface area contributed by atoms with Crippen molar-refractivity contribution >= 4 is 5.78 Å². The third kappa shape index (κ3) is 4.54. The van der Waals surface area contributed by atoms with Gasteiger partial charge in [-0.05, 0) is 44.4 Å². The van der Waals surface area contributed by atoms with Crippen LogP contribution >= 0.6 is 0 Å². The molecular weight excluding hydrogens is 312 g/mol. The molecule has 0 spiro atoms. The Hall–Kier alpha value is -2.02. The summed E-state index contributed by atoms with van der Waals surface area (Å²) in [5.41, 5.74) is 8.32. The number of carbonyl (C=O) groups is 1. The lowest BCUT2D eigenvalue weighted by Gasteiger charge is -2.37. The average molecular weight is 342 g/mol. The highest BCUT2D eigenvalue weighted by Crippen LogP contribution is 2.46. The zero-order valence-electron chi connectivity index (χ0n) is 16.1. The first-order valence-corrected chi connectivity index (χ1v) is 9.12. The van der Waals surface area contributed by atoms with Crippen LogP contribution in [0.2, 0.25) is 0 Å². The number of hydrogen-bond acceptors (Lipinski definition) is 4. The van der Waals surface area contributed by atoms with Crippen molar-refractivity contribution in [3.05, 3.63) is 34.4 Å². The van der Waals surface area contributed by atoms with Gasteiger partial charge in [0.25, 0.3) is 0 Å². The number of allylic oxidation sites excluding steroid dienone is 5. The van der Waals surface area contributed by atoms with Gasteiger partial charge in [-0.15, -0.1) is 0 Å². The summed E-state index contributed by atoms with van der Waals surface area (Å²) in [5.74, 6) is 1.13. The molecule has 2 atom stereocenters. The number of nitrogens with zero attached hydrogens (tertiary/aromatic N) is 1. The summed E-state index contributed by atoms with van der Waals surface area (Å²) in [5, 5.41) is 9.56. The van der Waals surface area contributed by atoms with E-state index in [-0.39, 0.29) is 23.0 Å². The molecule has 0 saturated carbocycles. The van der Waals surface area contributed by atoms with Gasteiger partial charge in [0.05, 0.1) is 5.57 Å². The molecule has 4 heteroatoms. The molecule has 2 rings (SSSR count). The van der Waals surface area contributed by atoms with E-state index in [1.165, 1.54) is 5.57 Å². The largest absolute Gasteiger partial charge is 0.444 e. The summed E-state index contributed by atoms with van der Waals surface area (Å²) >= 11 is 0. The number of ketones is 1. The van der Waals surface area contributed by atoms with E-state index >= 15 is 0 Å². The first-order valence-electron chi connectivity index (χ1n) is 9.12. The average Bonchev–Trinajstić information content (AvgIpc) is 2.44. The van der Waals surface area contributed by atoms with Crippen molar-refractivity contribution in [1.82, 2.24) is 0 Å². The standard InChI is InChI=1S/C21H30N2O2/c1-13(2)7-6-8-14(3)9-15-16(12-22)20(23)25-18-11-21(4,5)10-17(24)19(15)18/h7,14-15H,6,8-11,23H2,1-5H3/t14-,15+/m0/s1. The molecule has 2 aliphatic rings. The smallest absolute Gasteiger partial charge is 0.204 e. The summed E-state index contributed by atoms with van der Waals surface area (Å²) in [6, 6.07) is 2.19. The van der Waals surface area contributed by atoms with Crippen molar-refractivity contribution in [3.63, 3.8) is 0 Å². The summed E-state index contributed by atoms with van der Waals surface area (Å²) in [7, 11) is 0. The van der Waals surface area contributed by atoms with E-state index in [9.17, 15) is 10.1 Å². The molecule has 0 aromatic heterocycles. The molecule has 0 aromatic rings. The molecule has 1 aliphatic heterocycles. The lowest BCUT2D eigenvalue weighted by Crippen LogP contribution is -2.34. The van der Waals surface area contributed by atoms with Crippen LogP contribution in [0, 0.1) is 28.6 Å². The van der Waals surface area contributed by atoms with E-state index in [1.807, 2.05) is 0 Å². The predicted octanol–water partition coefficient (Wildman–Crippen LogP) is 4.74. The second-order valence-corrected chi connectivity index (χ2v) is 8.52. The Labute approximate surface area is 151 Å². The maximum atomic E-state index is 12.8. The number of hydrogen-bond donors (Lipinski definition) is 1. The molecule has 0 amide bonds. The van der Waals surface area contributed by atoms with Crippen molar-refractivity contribution in [2.45, 2.75) is 66.7 Å². The van der Waals surface area contributed by atoms with Crippen molar-refractivity contribution in [2.24, 2.45) is 23.0 Å². The van der Waals surface area contributed by atoms with Crippen molar-refractivity contribution < 1.29 is 9.53 Å². The maximum Gasteiger partial charge on any atom is 0.204 e. The fraction of sp³-hybridized carbons (Fsp3) is 0.619. The van der Waals surface area contributed by atoms with Crippen molar-refractivity contribution in [1.29, 1.82) is 5.26 Å². The molecule has 1 aliphatic carbocycles. The van der Waals surface area contributed by atoms with Gasteiger partial charge in [-0.1, -0.05) is 32.4 Å². The molecule has 0 unspecified atom stereocenters. The van der Waals surface area contributed by atoms with Crippen LogP contribution in [0.15, 0.2) is 34.4 Å². The SMILES string of the molecule is CC(C)=CCC[C@H](C)C[C@@H]1C(C#N)=C(N)OC2=C1C(=O)CC(C)(C)C2. The van der Waals surface area contributed by atoms with E-state index in [4.69, 9.17) is 10.5 Å². The Morgan fingerprint density at radius 1 is 1.44 bits per heavy atom. The van der Waals surface area contributed by atoms with Crippen LogP contribution in [-0.2, 0) is 9.53 Å². The Bertz CT molecular complexity index is 685. The monoisotopic (exact) mass is 342 g/mol. The summed E-state index contributed by atoms with van der Waals surface area (Å²) < 4.78 is 5.71. The highest BCUT2D eigenvalue weighted by atomic mass is 16.5. The van der Waals surface area contributed by atoms with Gasteiger partial charge in [0.2, 0.25) is 5.88 Å². The van der Waals surface area contributed by atoms with E-state index in [2.05, 4.69) is 46.8 Å². The Morgan fingerprint density at radius 3 is 2.72 bits per heavy atom. The fourth-order valence-corrected chi connectivity index (χ4v) is 3.81. The first kappa shape index (κ1) is 19.3. The third-order valence-electron chi connectivity index (χ3n) is 5.05. The van der Waals surface area contributed by atoms with Crippen LogP contribution in [0.4, 0.5) is 0 Å². The molecule has 0 bridgehead atoms. The quantitative estimate of drug-likeness (QED) is 0.732. The molecule has 0 aromatic carbocycles. The number of carbonyl (C=O) groups excluding carboxylic acids is 1. The Kier molecular flexibility index (Phi) is 5.77.